The van der Waals surface area contributed by atoms with Crippen LogP contribution in [0, 0.1) is 0 Å². The Bertz CT molecular complexity index is 1100. The van der Waals surface area contributed by atoms with Gasteiger partial charge >= 0.3 is 0 Å². The maximum Gasteiger partial charge on any atom is 0.235 e. The Balaban J connectivity index is 1.88. The number of likely N-dealkylation sites (tertiary alicyclic amines) is 1. The van der Waals surface area contributed by atoms with E-state index in [2.05, 4.69) is 0 Å². The van der Waals surface area contributed by atoms with Gasteiger partial charge in [0.2, 0.25) is 5.91 Å². The number of nitrogens with zero attached hydrogens (tertiary/aromatic N) is 1. The van der Waals surface area contributed by atoms with Crippen LogP contribution in [0.2, 0.25) is 0 Å². The van der Waals surface area contributed by atoms with Gasteiger partial charge in [0.05, 0.1) is 6.10 Å². The fourth-order valence-corrected chi connectivity index (χ4v) is 6.34. The standard InChI is InChI=1S/C27H31NO6S/c1-32-26(33-2)19-24(29)25(35(3,30)31)28(26)20-34-27(21-13-7-4-8-14-21,22-15-9-5-10-16-22)23-17-11-6-12-18-23/h4-18,24-25,29H,19-20H2,1-3H3. The second-order valence-electron chi connectivity index (χ2n) is 8.63. The highest BCUT2D eigenvalue weighted by Crippen LogP contribution is 2.43. The van der Waals surface area contributed by atoms with E-state index in [1.165, 1.54) is 19.1 Å². The van der Waals surface area contributed by atoms with Crippen molar-refractivity contribution in [3.63, 3.8) is 0 Å². The van der Waals surface area contributed by atoms with Gasteiger partial charge in [0.25, 0.3) is 0 Å². The number of aliphatic hydroxyl groups is 1. The molecule has 3 aromatic rings. The SMILES string of the molecule is COC1(OC)CC(O)C(S(C)(=O)=O)N1COC(c1ccccc1)(c1ccccc1)c1ccccc1. The van der Waals surface area contributed by atoms with E-state index in [4.69, 9.17) is 14.2 Å². The van der Waals surface area contributed by atoms with E-state index in [-0.39, 0.29) is 13.2 Å². The summed E-state index contributed by atoms with van der Waals surface area (Å²) in [5, 5.41) is 9.48. The van der Waals surface area contributed by atoms with E-state index < -0.39 is 32.8 Å². The zero-order chi connectivity index (χ0) is 25.1. The summed E-state index contributed by atoms with van der Waals surface area (Å²) in [6, 6.07) is 29.3. The van der Waals surface area contributed by atoms with Crippen LogP contribution >= 0.6 is 0 Å². The molecule has 0 aromatic heterocycles. The molecular formula is C27H31NO6S. The summed E-state index contributed by atoms with van der Waals surface area (Å²) >= 11 is 0. The molecule has 8 heteroatoms. The second kappa shape index (κ2) is 10.2. The third-order valence-electron chi connectivity index (χ3n) is 6.58. The summed E-state index contributed by atoms with van der Waals surface area (Å²) in [6.45, 7) is -0.199. The zero-order valence-electron chi connectivity index (χ0n) is 20.1. The molecule has 1 aliphatic rings. The van der Waals surface area contributed by atoms with E-state index >= 15 is 0 Å². The molecule has 1 saturated heterocycles. The molecule has 1 fully saturated rings. The minimum atomic E-state index is -3.72. The monoisotopic (exact) mass is 497 g/mol. The average molecular weight is 498 g/mol. The number of methoxy groups -OCH3 is 2. The molecule has 0 amide bonds. The van der Waals surface area contributed by atoms with E-state index in [1.54, 1.807) is 0 Å². The molecule has 186 valence electrons. The first-order valence-corrected chi connectivity index (χ1v) is 13.3. The number of ether oxygens (including phenoxy) is 3. The lowest BCUT2D eigenvalue weighted by Gasteiger charge is -2.41. The number of rotatable bonds is 9. The predicted molar refractivity (Wildman–Crippen MR) is 133 cm³/mol. The summed E-state index contributed by atoms with van der Waals surface area (Å²) in [5.74, 6) is -1.47. The number of sulfone groups is 1. The molecule has 0 radical (unpaired) electrons. The summed E-state index contributed by atoms with van der Waals surface area (Å²) in [6.07, 6.45) is -0.169. The van der Waals surface area contributed by atoms with E-state index in [1.807, 2.05) is 91.0 Å². The first-order chi connectivity index (χ1) is 16.8. The van der Waals surface area contributed by atoms with Gasteiger partial charge < -0.3 is 19.3 Å². The molecule has 35 heavy (non-hydrogen) atoms. The van der Waals surface area contributed by atoms with Crippen LogP contribution in [0.25, 0.3) is 0 Å². The molecule has 1 heterocycles. The lowest BCUT2D eigenvalue weighted by Crippen LogP contribution is -2.54. The third-order valence-corrected chi connectivity index (χ3v) is 8.02. The van der Waals surface area contributed by atoms with Gasteiger partial charge in [0.15, 0.2) is 9.84 Å². The first-order valence-electron chi connectivity index (χ1n) is 11.3. The van der Waals surface area contributed by atoms with Gasteiger partial charge in [-0.1, -0.05) is 91.0 Å². The zero-order valence-corrected chi connectivity index (χ0v) is 20.9. The summed E-state index contributed by atoms with van der Waals surface area (Å²) in [7, 11) is -0.871. The van der Waals surface area contributed by atoms with Crippen LogP contribution in [0.3, 0.4) is 0 Å². The molecule has 1 aliphatic heterocycles. The fourth-order valence-electron chi connectivity index (χ4n) is 4.99. The van der Waals surface area contributed by atoms with E-state index in [9.17, 15) is 13.5 Å². The van der Waals surface area contributed by atoms with Gasteiger partial charge in [0, 0.05) is 26.9 Å². The molecule has 3 aromatic carbocycles. The molecule has 4 rings (SSSR count). The van der Waals surface area contributed by atoms with Crippen molar-refractivity contribution in [3.8, 4) is 0 Å². The van der Waals surface area contributed by atoms with Crippen molar-refractivity contribution in [2.75, 3.05) is 27.2 Å². The van der Waals surface area contributed by atoms with Crippen molar-refractivity contribution in [2.24, 2.45) is 0 Å². The molecule has 2 atom stereocenters. The van der Waals surface area contributed by atoms with Crippen molar-refractivity contribution in [1.29, 1.82) is 0 Å². The fraction of sp³-hybridized carbons (Fsp3) is 0.333. The highest BCUT2D eigenvalue weighted by Gasteiger charge is 2.57. The van der Waals surface area contributed by atoms with Crippen molar-refractivity contribution in [1.82, 2.24) is 4.90 Å². The Kier molecular flexibility index (Phi) is 7.42. The minimum Gasteiger partial charge on any atom is -0.390 e. The highest BCUT2D eigenvalue weighted by atomic mass is 32.2. The van der Waals surface area contributed by atoms with Crippen LogP contribution in [-0.4, -0.2) is 63.0 Å². The Morgan fingerprint density at radius 1 is 0.857 bits per heavy atom. The molecular weight excluding hydrogens is 466 g/mol. The number of aliphatic hydroxyl groups excluding tert-OH is 1. The van der Waals surface area contributed by atoms with Crippen molar-refractivity contribution in [3.05, 3.63) is 108 Å². The molecule has 0 spiro atoms. The van der Waals surface area contributed by atoms with E-state index in [0.717, 1.165) is 22.9 Å². The molecule has 2 unspecified atom stereocenters. The quantitative estimate of drug-likeness (QED) is 0.359. The van der Waals surface area contributed by atoms with Crippen molar-refractivity contribution in [2.45, 2.75) is 29.4 Å². The largest absolute Gasteiger partial charge is 0.390 e. The van der Waals surface area contributed by atoms with Gasteiger partial charge in [-0.3, -0.25) is 0 Å². The Morgan fingerprint density at radius 2 is 1.26 bits per heavy atom. The van der Waals surface area contributed by atoms with Crippen LogP contribution in [0.4, 0.5) is 0 Å². The molecule has 0 bridgehead atoms. The van der Waals surface area contributed by atoms with Crippen LogP contribution in [0.5, 0.6) is 0 Å². The molecule has 0 aliphatic carbocycles. The number of hydrogen-bond acceptors (Lipinski definition) is 7. The summed E-state index contributed by atoms with van der Waals surface area (Å²) in [5.41, 5.74) is 1.53. The van der Waals surface area contributed by atoms with E-state index in [0.29, 0.717) is 0 Å². The van der Waals surface area contributed by atoms with Crippen molar-refractivity contribution >= 4 is 9.84 Å². The van der Waals surface area contributed by atoms with Gasteiger partial charge in [0.1, 0.15) is 17.7 Å². The Hall–Kier alpha value is -2.59. The van der Waals surface area contributed by atoms with Crippen LogP contribution in [0.15, 0.2) is 91.0 Å². The lowest BCUT2D eigenvalue weighted by atomic mass is 9.80. The predicted octanol–water partition coefficient (Wildman–Crippen LogP) is 3.34. The minimum absolute atomic E-state index is 0.0455. The smallest absolute Gasteiger partial charge is 0.235 e. The van der Waals surface area contributed by atoms with Gasteiger partial charge in [-0.25, -0.2) is 13.3 Å². The maximum absolute atomic E-state index is 12.7. The van der Waals surface area contributed by atoms with Gasteiger partial charge in [-0.05, 0) is 16.7 Å². The average Bonchev–Trinajstić information content (AvgIpc) is 3.18. The number of hydrogen-bond donors (Lipinski definition) is 1. The lowest BCUT2D eigenvalue weighted by molar-refractivity contribution is -0.301. The number of benzene rings is 3. The second-order valence-corrected chi connectivity index (χ2v) is 10.8. The molecule has 7 nitrogen and oxygen atoms in total. The van der Waals surface area contributed by atoms with Crippen LogP contribution < -0.4 is 0 Å². The molecule has 0 saturated carbocycles. The highest BCUT2D eigenvalue weighted by molar-refractivity contribution is 7.91. The van der Waals surface area contributed by atoms with Crippen LogP contribution in [0.1, 0.15) is 23.1 Å². The Labute approximate surface area is 206 Å². The van der Waals surface area contributed by atoms with Gasteiger partial charge in [-0.2, -0.15) is 0 Å². The Morgan fingerprint density at radius 3 is 1.60 bits per heavy atom. The summed E-state index contributed by atoms with van der Waals surface area (Å²) < 4.78 is 43.6. The normalized spacial score (nSPS) is 20.7. The third kappa shape index (κ3) is 4.65. The first kappa shape index (κ1) is 25.5. The topological polar surface area (TPSA) is 85.3 Å². The summed E-state index contributed by atoms with van der Waals surface area (Å²) in [4.78, 5) is 1.44. The van der Waals surface area contributed by atoms with Gasteiger partial charge in [-0.15, -0.1) is 0 Å². The van der Waals surface area contributed by atoms with Crippen LogP contribution in [-0.2, 0) is 29.6 Å². The van der Waals surface area contributed by atoms with Crippen molar-refractivity contribution < 1.29 is 27.7 Å². The molecule has 1 N–H and O–H groups in total. The maximum atomic E-state index is 12.7.